The number of piperidine rings is 1. The van der Waals surface area contributed by atoms with Crippen LogP contribution in [-0.2, 0) is 32.6 Å². The predicted octanol–water partition coefficient (Wildman–Crippen LogP) is 1.11. The molecule has 0 radical (unpaired) electrons. The average molecular weight is 461 g/mol. The summed E-state index contributed by atoms with van der Waals surface area (Å²) in [6.45, 7) is 2.00. The van der Waals surface area contributed by atoms with E-state index in [-0.39, 0.29) is 24.6 Å². The van der Waals surface area contributed by atoms with E-state index in [2.05, 4.69) is 10.6 Å². The number of rotatable bonds is 13. The number of hydrogen-bond acceptors (Lipinski definition) is 6. The SMILES string of the molecule is Cn1c(=O)n(C2CCC(=O)NC2=O)c2ccc(CCCCOCCCCNCC(=O)O)cc21. The summed E-state index contributed by atoms with van der Waals surface area (Å²) < 4.78 is 8.68. The van der Waals surface area contributed by atoms with Crippen LogP contribution < -0.4 is 16.3 Å². The molecule has 2 aromatic rings. The molecule has 1 fully saturated rings. The molecular formula is C23H32N4O6. The number of unbranched alkanes of at least 4 members (excludes halogenated alkanes) is 2. The number of aryl methyl sites for hydroxylation is 2. The normalized spacial score (nSPS) is 16.3. The van der Waals surface area contributed by atoms with Gasteiger partial charge in [0.2, 0.25) is 11.8 Å². The summed E-state index contributed by atoms with van der Waals surface area (Å²) in [7, 11) is 1.70. The lowest BCUT2D eigenvalue weighted by Gasteiger charge is -2.21. The van der Waals surface area contributed by atoms with Crippen molar-refractivity contribution in [3.05, 3.63) is 34.2 Å². The van der Waals surface area contributed by atoms with E-state index in [0.717, 1.165) is 43.2 Å². The summed E-state index contributed by atoms with van der Waals surface area (Å²) in [6.07, 6.45) is 5.05. The van der Waals surface area contributed by atoms with Crippen LogP contribution in [0.25, 0.3) is 11.0 Å². The molecule has 180 valence electrons. The molecule has 1 aromatic carbocycles. The number of aromatic nitrogens is 2. The second-order valence-electron chi connectivity index (χ2n) is 8.35. The number of carboxylic acids is 1. The number of benzene rings is 1. The van der Waals surface area contributed by atoms with Crippen LogP contribution in [0, 0.1) is 0 Å². The zero-order valence-corrected chi connectivity index (χ0v) is 19.0. The summed E-state index contributed by atoms with van der Waals surface area (Å²) in [6, 6.07) is 5.18. The van der Waals surface area contributed by atoms with Crippen LogP contribution in [-0.4, -0.2) is 58.3 Å². The smallest absolute Gasteiger partial charge is 0.329 e. The van der Waals surface area contributed by atoms with Crippen molar-refractivity contribution in [3.8, 4) is 0 Å². The fraction of sp³-hybridized carbons (Fsp3) is 0.565. The van der Waals surface area contributed by atoms with Gasteiger partial charge in [-0.2, -0.15) is 0 Å². The van der Waals surface area contributed by atoms with Gasteiger partial charge in [0.05, 0.1) is 17.6 Å². The van der Waals surface area contributed by atoms with Crippen LogP contribution in [0.4, 0.5) is 0 Å². The molecule has 0 saturated carbocycles. The van der Waals surface area contributed by atoms with Gasteiger partial charge in [-0.05, 0) is 62.8 Å². The minimum absolute atomic E-state index is 0.0115. The first-order valence-electron chi connectivity index (χ1n) is 11.4. The highest BCUT2D eigenvalue weighted by molar-refractivity contribution is 6.00. The van der Waals surface area contributed by atoms with Gasteiger partial charge in [-0.1, -0.05) is 6.07 Å². The van der Waals surface area contributed by atoms with Crippen LogP contribution in [0.3, 0.4) is 0 Å². The third kappa shape index (κ3) is 6.52. The topological polar surface area (TPSA) is 132 Å². The molecule has 2 heterocycles. The number of carbonyl (C=O) groups is 3. The molecule has 10 nitrogen and oxygen atoms in total. The molecule has 1 atom stereocenters. The van der Waals surface area contributed by atoms with Crippen molar-refractivity contribution in [2.45, 2.75) is 51.0 Å². The predicted molar refractivity (Wildman–Crippen MR) is 122 cm³/mol. The molecule has 0 bridgehead atoms. The second kappa shape index (κ2) is 11.8. The molecule has 1 aromatic heterocycles. The standard InChI is InChI=1S/C23H32N4O6/c1-26-19-14-16(6-2-4-12-33-13-5-3-11-24-15-21(29)30)7-8-17(19)27(23(26)32)18-9-10-20(28)25-22(18)31/h7-8,14,18,24H,2-6,9-13,15H2,1H3,(H,29,30)(H,25,28,31). The van der Waals surface area contributed by atoms with E-state index >= 15 is 0 Å². The molecule has 3 rings (SSSR count). The van der Waals surface area contributed by atoms with Gasteiger partial charge in [0.25, 0.3) is 0 Å². The van der Waals surface area contributed by atoms with Crippen LogP contribution in [0.15, 0.2) is 23.0 Å². The monoisotopic (exact) mass is 460 g/mol. The number of aliphatic carboxylic acids is 1. The summed E-state index contributed by atoms with van der Waals surface area (Å²) in [4.78, 5) is 46.9. The Kier molecular flexibility index (Phi) is 8.79. The molecule has 1 saturated heterocycles. The Balaban J connectivity index is 1.46. The summed E-state index contributed by atoms with van der Waals surface area (Å²) >= 11 is 0. The summed E-state index contributed by atoms with van der Waals surface area (Å²) in [5.74, 6) is -1.58. The number of nitrogens with zero attached hydrogens (tertiary/aromatic N) is 2. The van der Waals surface area contributed by atoms with Crippen molar-refractivity contribution in [3.63, 3.8) is 0 Å². The zero-order valence-electron chi connectivity index (χ0n) is 19.0. The minimum atomic E-state index is -0.848. The fourth-order valence-corrected chi connectivity index (χ4v) is 4.08. The molecule has 3 N–H and O–H groups in total. The number of fused-ring (bicyclic) bond motifs is 1. The van der Waals surface area contributed by atoms with Gasteiger partial charge >= 0.3 is 11.7 Å². The summed E-state index contributed by atoms with van der Waals surface area (Å²) in [5.41, 5.74) is 2.32. The molecule has 0 spiro atoms. The van der Waals surface area contributed by atoms with Crippen molar-refractivity contribution in [1.29, 1.82) is 0 Å². The Labute approximate surface area is 191 Å². The molecule has 10 heteroatoms. The number of amides is 2. The van der Waals surface area contributed by atoms with Crippen molar-refractivity contribution >= 4 is 28.8 Å². The van der Waals surface area contributed by atoms with E-state index in [0.29, 0.717) is 31.7 Å². The fourth-order valence-electron chi connectivity index (χ4n) is 4.08. The number of carbonyl (C=O) groups excluding carboxylic acids is 2. The Morgan fingerprint density at radius 2 is 1.91 bits per heavy atom. The van der Waals surface area contributed by atoms with E-state index in [1.807, 2.05) is 18.2 Å². The van der Waals surface area contributed by atoms with E-state index in [4.69, 9.17) is 9.84 Å². The first-order chi connectivity index (χ1) is 15.9. The lowest BCUT2D eigenvalue weighted by Crippen LogP contribution is -2.44. The number of imidazole rings is 1. The lowest BCUT2D eigenvalue weighted by atomic mass is 10.0. The van der Waals surface area contributed by atoms with Gasteiger partial charge < -0.3 is 15.2 Å². The first kappa shape index (κ1) is 24.7. The first-order valence-corrected chi connectivity index (χ1v) is 11.4. The van der Waals surface area contributed by atoms with Crippen molar-refractivity contribution in [1.82, 2.24) is 19.8 Å². The van der Waals surface area contributed by atoms with Crippen molar-refractivity contribution in [2.75, 3.05) is 26.3 Å². The lowest BCUT2D eigenvalue weighted by molar-refractivity contribution is -0.137. The highest BCUT2D eigenvalue weighted by Gasteiger charge is 2.31. The maximum absolute atomic E-state index is 12.8. The Hall–Kier alpha value is -2.98. The zero-order chi connectivity index (χ0) is 23.8. The number of carboxylic acid groups (broad SMARTS) is 1. The van der Waals surface area contributed by atoms with Crippen LogP contribution in [0.2, 0.25) is 0 Å². The van der Waals surface area contributed by atoms with Gasteiger partial charge in [-0.3, -0.25) is 28.8 Å². The van der Waals surface area contributed by atoms with Gasteiger partial charge in [0, 0.05) is 26.7 Å². The molecule has 33 heavy (non-hydrogen) atoms. The molecular weight excluding hydrogens is 428 g/mol. The van der Waals surface area contributed by atoms with E-state index < -0.39 is 17.9 Å². The van der Waals surface area contributed by atoms with Gasteiger partial charge in [-0.25, -0.2) is 4.79 Å². The van der Waals surface area contributed by atoms with E-state index in [1.54, 1.807) is 11.6 Å². The maximum atomic E-state index is 12.8. The Morgan fingerprint density at radius 3 is 2.64 bits per heavy atom. The van der Waals surface area contributed by atoms with Gasteiger partial charge in [0.1, 0.15) is 6.04 Å². The van der Waals surface area contributed by atoms with Gasteiger partial charge in [-0.15, -0.1) is 0 Å². The summed E-state index contributed by atoms with van der Waals surface area (Å²) in [5, 5.41) is 13.7. The van der Waals surface area contributed by atoms with Gasteiger partial charge in [0.15, 0.2) is 0 Å². The van der Waals surface area contributed by atoms with Crippen LogP contribution in [0.5, 0.6) is 0 Å². The number of hydrogen-bond donors (Lipinski definition) is 3. The largest absolute Gasteiger partial charge is 0.480 e. The minimum Gasteiger partial charge on any atom is -0.480 e. The number of nitrogens with one attached hydrogen (secondary N) is 2. The molecule has 1 aliphatic heterocycles. The highest BCUT2D eigenvalue weighted by Crippen LogP contribution is 2.24. The number of ether oxygens (including phenoxy) is 1. The quantitative estimate of drug-likeness (QED) is 0.301. The second-order valence-corrected chi connectivity index (χ2v) is 8.35. The maximum Gasteiger partial charge on any atom is 0.329 e. The van der Waals surface area contributed by atoms with Crippen molar-refractivity contribution < 1.29 is 24.2 Å². The number of imide groups is 1. The Bertz CT molecular complexity index is 1060. The highest BCUT2D eigenvalue weighted by atomic mass is 16.5. The molecule has 1 unspecified atom stereocenters. The molecule has 0 aliphatic carbocycles. The van der Waals surface area contributed by atoms with Crippen LogP contribution >= 0.6 is 0 Å². The third-order valence-corrected chi connectivity index (χ3v) is 5.85. The van der Waals surface area contributed by atoms with E-state index in [1.165, 1.54) is 4.57 Å². The van der Waals surface area contributed by atoms with E-state index in [9.17, 15) is 19.2 Å². The van der Waals surface area contributed by atoms with Crippen LogP contribution in [0.1, 0.15) is 50.1 Å². The molecule has 1 aliphatic rings. The Morgan fingerprint density at radius 1 is 1.15 bits per heavy atom. The van der Waals surface area contributed by atoms with Crippen molar-refractivity contribution in [2.24, 2.45) is 7.05 Å². The molecule has 2 amide bonds. The third-order valence-electron chi connectivity index (χ3n) is 5.85. The average Bonchev–Trinajstić information content (AvgIpc) is 3.02.